The monoisotopic (exact) mass is 605 g/mol. The molecule has 1 atom stereocenters. The second-order valence-electron chi connectivity index (χ2n) is 11.7. The maximum atomic E-state index is 14.5. The third-order valence-corrected chi connectivity index (χ3v) is 8.65. The molecule has 5 N–H and O–H groups in total. The Morgan fingerprint density at radius 2 is 1.68 bits per heavy atom. The van der Waals surface area contributed by atoms with Gasteiger partial charge in [0, 0.05) is 51.1 Å². The van der Waals surface area contributed by atoms with Crippen LogP contribution in [-0.2, 0) is 16.0 Å². The number of halogens is 1. The Hall–Kier alpha value is -4.16. The van der Waals surface area contributed by atoms with E-state index in [4.69, 9.17) is 5.73 Å². The molecule has 2 fully saturated rings. The molecule has 12 heteroatoms. The number of aromatic amines is 1. The van der Waals surface area contributed by atoms with Crippen LogP contribution in [0.3, 0.4) is 0 Å². The van der Waals surface area contributed by atoms with Gasteiger partial charge in [0.15, 0.2) is 0 Å². The molecule has 3 aromatic rings. The van der Waals surface area contributed by atoms with Crippen molar-refractivity contribution >= 4 is 28.5 Å². The summed E-state index contributed by atoms with van der Waals surface area (Å²) in [5.74, 6) is -1.16. The van der Waals surface area contributed by atoms with E-state index in [-0.39, 0.29) is 48.5 Å². The molecule has 1 aliphatic heterocycles. The average molecular weight is 606 g/mol. The molecule has 2 heterocycles. The number of rotatable bonds is 10. The van der Waals surface area contributed by atoms with Gasteiger partial charge in [0.2, 0.25) is 11.8 Å². The fourth-order valence-electron chi connectivity index (χ4n) is 6.12. The Bertz CT molecular complexity index is 1550. The summed E-state index contributed by atoms with van der Waals surface area (Å²) in [5.41, 5.74) is 7.16. The number of carbonyl (C=O) groups is 3. The van der Waals surface area contributed by atoms with Crippen LogP contribution in [0, 0.1) is 11.7 Å². The summed E-state index contributed by atoms with van der Waals surface area (Å²) in [6.45, 7) is 2.77. The zero-order chi connectivity index (χ0) is 31.1. The number of fused-ring (bicyclic) bond motifs is 1. The van der Waals surface area contributed by atoms with Crippen molar-refractivity contribution in [3.63, 3.8) is 0 Å². The van der Waals surface area contributed by atoms with Crippen molar-refractivity contribution in [2.75, 3.05) is 45.8 Å². The SMILES string of the molecule is N[C@@H](C(=O)N1CCN(CC(=O)NCCNC(=O)c2cc(Cc3n[nH]c(=O)c4ccccc34)ccc2F)CC1)C1CCCCC1. The van der Waals surface area contributed by atoms with Gasteiger partial charge in [-0.25, -0.2) is 9.49 Å². The number of nitrogens with zero attached hydrogens (tertiary/aromatic N) is 3. The minimum absolute atomic E-state index is 0.0142. The number of hydrogen-bond donors (Lipinski definition) is 4. The van der Waals surface area contributed by atoms with E-state index in [1.54, 1.807) is 24.3 Å². The van der Waals surface area contributed by atoms with E-state index in [0.29, 0.717) is 54.6 Å². The number of nitrogens with two attached hydrogens (primary N) is 1. The van der Waals surface area contributed by atoms with Gasteiger partial charge >= 0.3 is 0 Å². The molecule has 0 radical (unpaired) electrons. The second kappa shape index (κ2) is 14.5. The van der Waals surface area contributed by atoms with E-state index < -0.39 is 17.8 Å². The number of hydrogen-bond acceptors (Lipinski definition) is 7. The van der Waals surface area contributed by atoms with Crippen molar-refractivity contribution in [2.45, 2.75) is 44.6 Å². The van der Waals surface area contributed by atoms with Gasteiger partial charge < -0.3 is 21.3 Å². The zero-order valence-corrected chi connectivity index (χ0v) is 24.8. The number of H-pyrrole nitrogens is 1. The molecule has 2 aliphatic rings. The van der Waals surface area contributed by atoms with E-state index in [9.17, 15) is 23.6 Å². The molecule has 1 aromatic heterocycles. The molecule has 5 rings (SSSR count). The fraction of sp³-hybridized carbons (Fsp3) is 0.469. The molecule has 0 spiro atoms. The minimum atomic E-state index is -0.660. The number of carbonyl (C=O) groups excluding carboxylic acids is 3. The summed E-state index contributed by atoms with van der Waals surface area (Å²) in [6.07, 6.45) is 5.82. The first-order valence-corrected chi connectivity index (χ1v) is 15.4. The molecule has 234 valence electrons. The van der Waals surface area contributed by atoms with Crippen LogP contribution in [-0.4, -0.2) is 89.6 Å². The van der Waals surface area contributed by atoms with Crippen LogP contribution in [0.2, 0.25) is 0 Å². The molecule has 1 saturated heterocycles. The summed E-state index contributed by atoms with van der Waals surface area (Å²) in [6, 6.07) is 10.9. The molecular formula is C32H40FN7O4. The first kappa shape index (κ1) is 31.3. The van der Waals surface area contributed by atoms with Gasteiger partial charge in [-0.3, -0.25) is 24.1 Å². The minimum Gasteiger partial charge on any atom is -0.353 e. The number of piperazine rings is 1. The first-order valence-electron chi connectivity index (χ1n) is 15.4. The van der Waals surface area contributed by atoms with Crippen molar-refractivity contribution in [3.8, 4) is 0 Å². The van der Waals surface area contributed by atoms with Crippen molar-refractivity contribution in [3.05, 3.63) is 75.5 Å². The first-order chi connectivity index (χ1) is 21.3. The number of aromatic nitrogens is 2. The smallest absolute Gasteiger partial charge is 0.272 e. The van der Waals surface area contributed by atoms with Crippen molar-refractivity contribution in [2.24, 2.45) is 11.7 Å². The lowest BCUT2D eigenvalue weighted by molar-refractivity contribution is -0.136. The van der Waals surface area contributed by atoms with Crippen LogP contribution in [0.25, 0.3) is 10.8 Å². The Morgan fingerprint density at radius 1 is 0.977 bits per heavy atom. The third-order valence-electron chi connectivity index (χ3n) is 8.65. The van der Waals surface area contributed by atoms with Crippen LogP contribution < -0.4 is 21.9 Å². The van der Waals surface area contributed by atoms with Gasteiger partial charge in [-0.05, 0) is 42.5 Å². The quantitative estimate of drug-likeness (QED) is 0.256. The topological polar surface area (TPSA) is 154 Å². The fourth-order valence-corrected chi connectivity index (χ4v) is 6.12. The molecule has 1 saturated carbocycles. The predicted octanol–water partition coefficient (Wildman–Crippen LogP) is 1.55. The summed E-state index contributed by atoms with van der Waals surface area (Å²) in [5, 5.41) is 13.3. The van der Waals surface area contributed by atoms with Crippen LogP contribution in [0.5, 0.6) is 0 Å². The third kappa shape index (κ3) is 7.67. The summed E-state index contributed by atoms with van der Waals surface area (Å²) in [4.78, 5) is 54.0. The van der Waals surface area contributed by atoms with Gasteiger partial charge in [0.1, 0.15) is 5.82 Å². The Balaban J connectivity index is 1.04. The van der Waals surface area contributed by atoms with Crippen molar-refractivity contribution in [1.82, 2.24) is 30.6 Å². The zero-order valence-electron chi connectivity index (χ0n) is 24.8. The van der Waals surface area contributed by atoms with Gasteiger partial charge in [-0.1, -0.05) is 43.5 Å². The van der Waals surface area contributed by atoms with E-state index in [2.05, 4.69) is 20.8 Å². The highest BCUT2D eigenvalue weighted by molar-refractivity contribution is 5.94. The van der Waals surface area contributed by atoms with E-state index in [0.717, 1.165) is 25.7 Å². The summed E-state index contributed by atoms with van der Waals surface area (Å²) < 4.78 is 14.5. The number of nitrogens with one attached hydrogen (secondary N) is 3. The van der Waals surface area contributed by atoms with Gasteiger partial charge in [-0.15, -0.1) is 0 Å². The number of amides is 3. The number of benzene rings is 2. The Kier molecular flexibility index (Phi) is 10.3. The molecule has 2 aromatic carbocycles. The molecule has 0 bridgehead atoms. The van der Waals surface area contributed by atoms with Crippen LogP contribution >= 0.6 is 0 Å². The highest BCUT2D eigenvalue weighted by atomic mass is 19.1. The molecular weight excluding hydrogens is 565 g/mol. The van der Waals surface area contributed by atoms with Gasteiger partial charge in [0.05, 0.1) is 29.2 Å². The van der Waals surface area contributed by atoms with E-state index >= 15 is 0 Å². The van der Waals surface area contributed by atoms with Crippen LogP contribution in [0.4, 0.5) is 4.39 Å². The normalized spacial score (nSPS) is 16.9. The lowest BCUT2D eigenvalue weighted by Gasteiger charge is -2.37. The Labute approximate surface area is 255 Å². The van der Waals surface area contributed by atoms with Crippen LogP contribution in [0.1, 0.15) is 53.7 Å². The lowest BCUT2D eigenvalue weighted by atomic mass is 9.83. The summed E-state index contributed by atoms with van der Waals surface area (Å²) >= 11 is 0. The van der Waals surface area contributed by atoms with Gasteiger partial charge in [0.25, 0.3) is 11.5 Å². The largest absolute Gasteiger partial charge is 0.353 e. The maximum Gasteiger partial charge on any atom is 0.272 e. The predicted molar refractivity (Wildman–Crippen MR) is 164 cm³/mol. The summed E-state index contributed by atoms with van der Waals surface area (Å²) in [7, 11) is 0. The van der Waals surface area contributed by atoms with E-state index in [1.165, 1.54) is 18.6 Å². The average Bonchev–Trinajstić information content (AvgIpc) is 3.05. The highest BCUT2D eigenvalue weighted by Crippen LogP contribution is 2.26. The van der Waals surface area contributed by atoms with Crippen molar-refractivity contribution in [1.29, 1.82) is 0 Å². The molecule has 11 nitrogen and oxygen atoms in total. The second-order valence-corrected chi connectivity index (χ2v) is 11.7. The molecule has 3 amide bonds. The maximum absolute atomic E-state index is 14.5. The molecule has 1 aliphatic carbocycles. The standard InChI is InChI=1S/C32H40FN7O4/c33-26-11-10-21(19-27-23-8-4-5-9-24(23)31(43)38-37-27)18-25(26)30(42)36-13-12-35-28(41)20-39-14-16-40(17-15-39)32(44)29(34)22-6-2-1-3-7-22/h4-5,8-11,18,22,29H,1-3,6-7,12-17,19-20,34H2,(H,35,41)(H,36,42)(H,38,43)/t29-/m1/s1. The van der Waals surface area contributed by atoms with E-state index in [1.807, 2.05) is 15.9 Å². The van der Waals surface area contributed by atoms with Crippen LogP contribution in [0.15, 0.2) is 47.3 Å². The molecule has 0 unspecified atom stereocenters. The lowest BCUT2D eigenvalue weighted by Crippen LogP contribution is -2.56. The highest BCUT2D eigenvalue weighted by Gasteiger charge is 2.31. The van der Waals surface area contributed by atoms with Gasteiger partial charge in [-0.2, -0.15) is 5.10 Å². The van der Waals surface area contributed by atoms with Crippen molar-refractivity contribution < 1.29 is 18.8 Å². The molecule has 44 heavy (non-hydrogen) atoms. The Morgan fingerprint density at radius 3 is 2.43 bits per heavy atom.